The highest BCUT2D eigenvalue weighted by Crippen LogP contribution is 2.24. The summed E-state index contributed by atoms with van der Waals surface area (Å²) in [6.07, 6.45) is 4.01. The van der Waals surface area contributed by atoms with E-state index < -0.39 is 0 Å². The highest BCUT2D eigenvalue weighted by molar-refractivity contribution is 8.06. The van der Waals surface area contributed by atoms with Gasteiger partial charge < -0.3 is 5.32 Å². The molecule has 0 aromatic heterocycles. The van der Waals surface area contributed by atoms with Crippen LogP contribution in [0.25, 0.3) is 11.6 Å². The number of rotatable bonds is 8. The van der Waals surface area contributed by atoms with Crippen LogP contribution < -0.4 is 5.32 Å². The van der Waals surface area contributed by atoms with E-state index in [0.29, 0.717) is 11.5 Å². The third kappa shape index (κ3) is 7.37. The minimum Gasteiger partial charge on any atom is -0.322 e. The SMILES string of the molecule is C=C(/C=C/c1cccc(NC(=O)c2cc(C)cc(C(C)C)c2)c1)S/C=C(\C)c1ccccc1. The van der Waals surface area contributed by atoms with E-state index in [-0.39, 0.29) is 5.91 Å². The van der Waals surface area contributed by atoms with Crippen molar-refractivity contribution >= 4 is 35.0 Å². The van der Waals surface area contributed by atoms with Crippen molar-refractivity contribution in [3.05, 3.63) is 124 Å². The summed E-state index contributed by atoms with van der Waals surface area (Å²) in [5, 5.41) is 5.14. The van der Waals surface area contributed by atoms with Crippen molar-refractivity contribution in [2.75, 3.05) is 5.32 Å². The molecule has 0 aliphatic carbocycles. The van der Waals surface area contributed by atoms with Gasteiger partial charge in [0, 0.05) is 16.2 Å². The Hall–Kier alpha value is -3.30. The van der Waals surface area contributed by atoms with Crippen LogP contribution in [-0.4, -0.2) is 5.91 Å². The van der Waals surface area contributed by atoms with E-state index in [0.717, 1.165) is 21.7 Å². The monoisotopic (exact) mass is 453 g/mol. The maximum Gasteiger partial charge on any atom is 0.255 e. The van der Waals surface area contributed by atoms with Gasteiger partial charge in [-0.3, -0.25) is 4.79 Å². The molecule has 0 fully saturated rings. The summed E-state index contributed by atoms with van der Waals surface area (Å²) in [7, 11) is 0. The Morgan fingerprint density at radius 3 is 2.45 bits per heavy atom. The summed E-state index contributed by atoms with van der Waals surface area (Å²) >= 11 is 1.60. The maximum absolute atomic E-state index is 12.8. The van der Waals surface area contributed by atoms with Crippen LogP contribution in [0.4, 0.5) is 5.69 Å². The van der Waals surface area contributed by atoms with Crippen LogP contribution in [0.15, 0.2) is 95.8 Å². The lowest BCUT2D eigenvalue weighted by molar-refractivity contribution is 0.102. The molecule has 3 rings (SSSR count). The lowest BCUT2D eigenvalue weighted by Crippen LogP contribution is -2.12. The first-order valence-electron chi connectivity index (χ1n) is 11.1. The van der Waals surface area contributed by atoms with Gasteiger partial charge in [-0.2, -0.15) is 0 Å². The third-order valence-electron chi connectivity index (χ3n) is 5.25. The number of anilines is 1. The van der Waals surface area contributed by atoms with E-state index in [9.17, 15) is 4.79 Å². The molecule has 0 saturated heterocycles. The third-order valence-corrected chi connectivity index (χ3v) is 6.16. The molecule has 0 heterocycles. The zero-order chi connectivity index (χ0) is 23.8. The molecule has 33 heavy (non-hydrogen) atoms. The normalized spacial score (nSPS) is 11.7. The summed E-state index contributed by atoms with van der Waals surface area (Å²) in [6.45, 7) is 12.5. The molecule has 3 aromatic carbocycles. The molecule has 0 aliphatic rings. The standard InChI is InChI=1S/C30H31NOS/c1-21(2)27-16-22(3)17-28(19-27)30(32)31-29-13-9-10-25(18-29)15-14-24(5)33-20-23(4)26-11-7-6-8-12-26/h6-21H,5H2,1-4H3,(H,31,32)/b15-14+,23-20+. The molecule has 3 aromatic rings. The van der Waals surface area contributed by atoms with Gasteiger partial charge in [-0.15, -0.1) is 0 Å². The van der Waals surface area contributed by atoms with Gasteiger partial charge >= 0.3 is 0 Å². The molecule has 2 nitrogen and oxygen atoms in total. The molecular weight excluding hydrogens is 422 g/mol. The van der Waals surface area contributed by atoms with E-state index in [1.54, 1.807) is 11.8 Å². The summed E-state index contributed by atoms with van der Waals surface area (Å²) in [6, 6.07) is 24.2. The van der Waals surface area contributed by atoms with Crippen molar-refractivity contribution in [1.29, 1.82) is 0 Å². The number of thioether (sulfide) groups is 1. The van der Waals surface area contributed by atoms with Crippen molar-refractivity contribution in [1.82, 2.24) is 0 Å². The number of carbonyl (C=O) groups is 1. The first-order chi connectivity index (χ1) is 15.8. The zero-order valence-electron chi connectivity index (χ0n) is 19.8. The van der Waals surface area contributed by atoms with Crippen LogP contribution >= 0.6 is 11.8 Å². The van der Waals surface area contributed by atoms with Crippen LogP contribution in [-0.2, 0) is 0 Å². The van der Waals surface area contributed by atoms with Crippen LogP contribution in [0.3, 0.4) is 0 Å². The Kier molecular flexibility index (Phi) is 8.51. The summed E-state index contributed by atoms with van der Waals surface area (Å²) < 4.78 is 0. The second-order valence-corrected chi connectivity index (χ2v) is 9.45. The van der Waals surface area contributed by atoms with Gasteiger partial charge in [-0.25, -0.2) is 0 Å². The molecule has 0 unspecified atom stereocenters. The fourth-order valence-electron chi connectivity index (χ4n) is 3.36. The van der Waals surface area contributed by atoms with E-state index >= 15 is 0 Å². The maximum atomic E-state index is 12.8. The molecule has 0 radical (unpaired) electrons. The molecule has 0 atom stereocenters. The fourth-order valence-corrected chi connectivity index (χ4v) is 3.97. The van der Waals surface area contributed by atoms with Crippen LogP contribution in [0.1, 0.15) is 59.3 Å². The predicted molar refractivity (Wildman–Crippen MR) is 146 cm³/mol. The van der Waals surface area contributed by atoms with Gasteiger partial charge in [0.25, 0.3) is 5.91 Å². The molecule has 0 aliphatic heterocycles. The number of benzene rings is 3. The highest BCUT2D eigenvalue weighted by atomic mass is 32.2. The number of nitrogens with one attached hydrogen (secondary N) is 1. The lowest BCUT2D eigenvalue weighted by atomic mass is 9.98. The van der Waals surface area contributed by atoms with Crippen molar-refractivity contribution in [2.45, 2.75) is 33.6 Å². The molecule has 3 heteroatoms. The Balaban J connectivity index is 1.64. The topological polar surface area (TPSA) is 29.1 Å². The highest BCUT2D eigenvalue weighted by Gasteiger charge is 2.10. The Labute approximate surface area is 202 Å². The zero-order valence-corrected chi connectivity index (χ0v) is 20.6. The Bertz CT molecular complexity index is 1190. The van der Waals surface area contributed by atoms with E-state index in [1.165, 1.54) is 16.7 Å². The van der Waals surface area contributed by atoms with Crippen molar-refractivity contribution in [3.8, 4) is 0 Å². The summed E-state index contributed by atoms with van der Waals surface area (Å²) in [5.41, 5.74) is 7.14. The number of amides is 1. The minimum atomic E-state index is -0.0942. The second kappa shape index (κ2) is 11.5. The predicted octanol–water partition coefficient (Wildman–Crippen LogP) is 8.69. The molecule has 0 spiro atoms. The van der Waals surface area contributed by atoms with Gasteiger partial charge in [0.1, 0.15) is 0 Å². The Morgan fingerprint density at radius 2 is 1.73 bits per heavy atom. The Morgan fingerprint density at radius 1 is 0.970 bits per heavy atom. The summed E-state index contributed by atoms with van der Waals surface area (Å²) in [5.74, 6) is 0.283. The molecule has 1 amide bonds. The number of carbonyl (C=O) groups excluding carboxylic acids is 1. The van der Waals surface area contributed by atoms with E-state index in [2.05, 4.69) is 56.3 Å². The smallest absolute Gasteiger partial charge is 0.255 e. The van der Waals surface area contributed by atoms with E-state index in [4.69, 9.17) is 0 Å². The van der Waals surface area contributed by atoms with Crippen molar-refractivity contribution in [2.24, 2.45) is 0 Å². The van der Waals surface area contributed by atoms with Crippen LogP contribution in [0, 0.1) is 6.92 Å². The van der Waals surface area contributed by atoms with Gasteiger partial charge in [-0.05, 0) is 77.8 Å². The van der Waals surface area contributed by atoms with Crippen LogP contribution in [0.5, 0.6) is 0 Å². The van der Waals surface area contributed by atoms with Crippen LogP contribution in [0.2, 0.25) is 0 Å². The number of allylic oxidation sites excluding steroid dienone is 2. The van der Waals surface area contributed by atoms with Gasteiger partial charge in [0.05, 0.1) is 0 Å². The minimum absolute atomic E-state index is 0.0942. The van der Waals surface area contributed by atoms with Gasteiger partial charge in [0.15, 0.2) is 0 Å². The lowest BCUT2D eigenvalue weighted by Gasteiger charge is -2.11. The molecule has 168 valence electrons. The average Bonchev–Trinajstić information content (AvgIpc) is 2.81. The number of hydrogen-bond donors (Lipinski definition) is 1. The second-order valence-electron chi connectivity index (χ2n) is 8.45. The summed E-state index contributed by atoms with van der Waals surface area (Å²) in [4.78, 5) is 13.8. The van der Waals surface area contributed by atoms with Gasteiger partial charge in [0.2, 0.25) is 0 Å². The van der Waals surface area contributed by atoms with Gasteiger partial charge in [-0.1, -0.05) is 92.4 Å². The van der Waals surface area contributed by atoms with Crippen molar-refractivity contribution in [3.63, 3.8) is 0 Å². The van der Waals surface area contributed by atoms with E-state index in [1.807, 2.05) is 73.7 Å². The molecule has 1 N–H and O–H groups in total. The first-order valence-corrected chi connectivity index (χ1v) is 12.0. The van der Waals surface area contributed by atoms with Crippen molar-refractivity contribution < 1.29 is 4.79 Å². The molecule has 0 bridgehead atoms. The number of hydrogen-bond acceptors (Lipinski definition) is 2. The first kappa shape index (κ1) is 24.3. The quantitative estimate of drug-likeness (QED) is 0.346. The fraction of sp³-hybridized carbons (Fsp3) is 0.167. The molecule has 0 saturated carbocycles. The molecular formula is C30H31NOS. The largest absolute Gasteiger partial charge is 0.322 e. The number of aryl methyl sites for hydroxylation is 1. The average molecular weight is 454 g/mol.